The Morgan fingerprint density at radius 1 is 1.32 bits per heavy atom. The van der Waals surface area contributed by atoms with E-state index in [2.05, 4.69) is 34.8 Å². The van der Waals surface area contributed by atoms with Gasteiger partial charge in [0, 0.05) is 6.54 Å². The summed E-state index contributed by atoms with van der Waals surface area (Å²) in [4.78, 5) is 11.6. The van der Waals surface area contributed by atoms with Crippen molar-refractivity contribution in [2.24, 2.45) is 0 Å². The zero-order valence-corrected chi connectivity index (χ0v) is 12.3. The van der Waals surface area contributed by atoms with Gasteiger partial charge in [0.1, 0.15) is 5.00 Å². The molecule has 0 radical (unpaired) electrons. The van der Waals surface area contributed by atoms with Gasteiger partial charge in [-0.3, -0.25) is 4.79 Å². The van der Waals surface area contributed by atoms with E-state index in [1.54, 1.807) is 6.92 Å². The van der Waals surface area contributed by atoms with Crippen molar-refractivity contribution in [3.8, 4) is 0 Å². The number of nitrogens with zero attached hydrogens (tertiary/aromatic N) is 1. The average molecular weight is 274 g/mol. The van der Waals surface area contributed by atoms with E-state index >= 15 is 0 Å². The molecule has 1 aromatic heterocycles. The van der Waals surface area contributed by atoms with Gasteiger partial charge in [0.05, 0.1) is 11.3 Å². The molecule has 0 bridgehead atoms. The van der Waals surface area contributed by atoms with Crippen LogP contribution >= 0.6 is 11.5 Å². The molecular formula is C15H18N2OS. The van der Waals surface area contributed by atoms with Gasteiger partial charge in [-0.15, -0.1) is 0 Å². The number of nitrogens with one attached hydrogen (secondary N) is 1. The topological polar surface area (TPSA) is 42.0 Å². The number of Topliss-reactive ketones (excluding diaryl/α,β-unsaturated/α-hetero) is 1. The minimum absolute atomic E-state index is 0.0737. The summed E-state index contributed by atoms with van der Waals surface area (Å²) < 4.78 is 4.24. The van der Waals surface area contributed by atoms with E-state index in [-0.39, 0.29) is 5.78 Å². The predicted octanol–water partition coefficient (Wildman–Crippen LogP) is 3.62. The number of benzene rings is 1. The summed E-state index contributed by atoms with van der Waals surface area (Å²) in [7, 11) is 0. The fraction of sp³-hybridized carbons (Fsp3) is 0.333. The van der Waals surface area contributed by atoms with Gasteiger partial charge in [-0.2, -0.15) is 4.37 Å². The highest BCUT2D eigenvalue weighted by Crippen LogP contribution is 2.24. The molecule has 0 fully saturated rings. The van der Waals surface area contributed by atoms with Crippen molar-refractivity contribution in [1.29, 1.82) is 0 Å². The van der Waals surface area contributed by atoms with E-state index < -0.39 is 0 Å². The first-order valence-electron chi connectivity index (χ1n) is 6.35. The zero-order valence-electron chi connectivity index (χ0n) is 11.5. The molecule has 100 valence electrons. The van der Waals surface area contributed by atoms with Crippen LogP contribution in [0.3, 0.4) is 0 Å². The predicted molar refractivity (Wildman–Crippen MR) is 80.2 cm³/mol. The maximum Gasteiger partial charge on any atom is 0.164 e. The molecule has 1 heterocycles. The lowest BCUT2D eigenvalue weighted by Gasteiger charge is -2.07. The van der Waals surface area contributed by atoms with Crippen LogP contribution < -0.4 is 5.32 Å². The summed E-state index contributed by atoms with van der Waals surface area (Å²) in [5.74, 6) is 0.0737. The normalized spacial score (nSPS) is 10.5. The Labute approximate surface area is 117 Å². The molecule has 0 unspecified atom stereocenters. The van der Waals surface area contributed by atoms with E-state index in [4.69, 9.17) is 0 Å². The molecule has 2 aromatic rings. The third-order valence-corrected chi connectivity index (χ3v) is 4.05. The minimum Gasteiger partial charge on any atom is -0.375 e. The molecule has 0 saturated heterocycles. The summed E-state index contributed by atoms with van der Waals surface area (Å²) in [5, 5.41) is 4.21. The quantitative estimate of drug-likeness (QED) is 0.847. The number of hydrogen-bond donors (Lipinski definition) is 1. The minimum atomic E-state index is 0.0737. The first-order valence-corrected chi connectivity index (χ1v) is 7.12. The summed E-state index contributed by atoms with van der Waals surface area (Å²) in [6.45, 7) is 6.39. The molecule has 19 heavy (non-hydrogen) atoms. The third-order valence-electron chi connectivity index (χ3n) is 3.16. The largest absolute Gasteiger partial charge is 0.375 e. The van der Waals surface area contributed by atoms with Crippen LogP contribution in [0, 0.1) is 13.8 Å². The lowest BCUT2D eigenvalue weighted by atomic mass is 10.1. The van der Waals surface area contributed by atoms with E-state index in [1.807, 2.05) is 13.0 Å². The van der Waals surface area contributed by atoms with Gasteiger partial charge in [0.2, 0.25) is 0 Å². The maximum atomic E-state index is 11.6. The van der Waals surface area contributed by atoms with Gasteiger partial charge in [0.25, 0.3) is 0 Å². The van der Waals surface area contributed by atoms with Gasteiger partial charge in [-0.05, 0) is 49.9 Å². The highest BCUT2D eigenvalue weighted by Gasteiger charge is 2.14. The van der Waals surface area contributed by atoms with E-state index in [9.17, 15) is 4.79 Å². The molecule has 2 rings (SSSR count). The van der Waals surface area contributed by atoms with Crippen molar-refractivity contribution in [1.82, 2.24) is 4.37 Å². The van der Waals surface area contributed by atoms with Crippen LogP contribution in [0.4, 0.5) is 5.00 Å². The second-order valence-electron chi connectivity index (χ2n) is 4.63. The molecular weight excluding hydrogens is 256 g/mol. The average Bonchev–Trinajstić information content (AvgIpc) is 2.73. The van der Waals surface area contributed by atoms with Crippen molar-refractivity contribution in [3.05, 3.63) is 46.6 Å². The zero-order chi connectivity index (χ0) is 13.8. The molecule has 0 spiro atoms. The molecule has 0 saturated carbocycles. The fourth-order valence-electron chi connectivity index (χ4n) is 2.11. The van der Waals surface area contributed by atoms with Crippen molar-refractivity contribution in [2.45, 2.75) is 27.2 Å². The lowest BCUT2D eigenvalue weighted by Crippen LogP contribution is -2.07. The number of hydrogen-bond acceptors (Lipinski definition) is 4. The van der Waals surface area contributed by atoms with Gasteiger partial charge in [0.15, 0.2) is 5.78 Å². The number of aryl methyl sites for hydroxylation is 2. The Kier molecular flexibility index (Phi) is 4.32. The summed E-state index contributed by atoms with van der Waals surface area (Å²) in [6.07, 6.45) is 0.945. The molecule has 1 N–H and O–H groups in total. The number of rotatable bonds is 5. The molecule has 0 aliphatic carbocycles. The third kappa shape index (κ3) is 3.20. The van der Waals surface area contributed by atoms with Gasteiger partial charge in [-0.1, -0.05) is 24.3 Å². The van der Waals surface area contributed by atoms with E-state index in [0.29, 0.717) is 0 Å². The SMILES string of the molecule is CC(=O)c1c(C)nsc1NCCc1ccccc1C. The Balaban J connectivity index is 2.00. The van der Waals surface area contributed by atoms with Gasteiger partial charge < -0.3 is 5.32 Å². The maximum absolute atomic E-state index is 11.6. The molecule has 3 nitrogen and oxygen atoms in total. The fourth-order valence-corrected chi connectivity index (χ4v) is 2.98. The monoisotopic (exact) mass is 274 g/mol. The molecule has 0 aliphatic heterocycles. The number of ketones is 1. The molecule has 0 atom stereocenters. The Morgan fingerprint density at radius 2 is 2.05 bits per heavy atom. The first-order chi connectivity index (χ1) is 9.09. The first kappa shape index (κ1) is 13.7. The highest BCUT2D eigenvalue weighted by molar-refractivity contribution is 7.10. The van der Waals surface area contributed by atoms with Crippen molar-refractivity contribution < 1.29 is 4.79 Å². The van der Waals surface area contributed by atoms with Crippen LogP contribution in [0.1, 0.15) is 34.1 Å². The molecule has 1 aromatic carbocycles. The van der Waals surface area contributed by atoms with Crippen LogP contribution in [-0.2, 0) is 6.42 Å². The number of carbonyl (C=O) groups is 1. The summed E-state index contributed by atoms with van der Waals surface area (Å²) in [5.41, 5.74) is 4.18. The van der Waals surface area contributed by atoms with Crippen molar-refractivity contribution in [3.63, 3.8) is 0 Å². The van der Waals surface area contributed by atoms with Crippen LogP contribution in [-0.4, -0.2) is 16.7 Å². The van der Waals surface area contributed by atoms with E-state index in [1.165, 1.54) is 22.7 Å². The standard InChI is InChI=1S/C15H18N2OS/c1-10-6-4-5-7-13(10)8-9-16-15-14(12(3)18)11(2)17-19-15/h4-7,16H,8-9H2,1-3H3. The second-order valence-corrected chi connectivity index (χ2v) is 5.40. The van der Waals surface area contributed by atoms with Crippen molar-refractivity contribution >= 4 is 22.3 Å². The van der Waals surface area contributed by atoms with Gasteiger partial charge in [-0.25, -0.2) is 0 Å². The number of anilines is 1. The summed E-state index contributed by atoms with van der Waals surface area (Å²) >= 11 is 1.36. The van der Waals surface area contributed by atoms with Crippen LogP contribution in [0.2, 0.25) is 0 Å². The second kappa shape index (κ2) is 5.97. The Bertz CT molecular complexity index is 590. The molecule has 4 heteroatoms. The number of carbonyl (C=O) groups excluding carboxylic acids is 1. The van der Waals surface area contributed by atoms with E-state index in [0.717, 1.165) is 29.2 Å². The smallest absolute Gasteiger partial charge is 0.164 e. The lowest BCUT2D eigenvalue weighted by molar-refractivity contribution is 0.101. The van der Waals surface area contributed by atoms with Crippen LogP contribution in [0.5, 0.6) is 0 Å². The summed E-state index contributed by atoms with van der Waals surface area (Å²) in [6, 6.07) is 8.36. The molecule has 0 aliphatic rings. The highest BCUT2D eigenvalue weighted by atomic mass is 32.1. The Morgan fingerprint density at radius 3 is 2.74 bits per heavy atom. The Hall–Kier alpha value is -1.68. The number of aromatic nitrogens is 1. The molecule has 0 amide bonds. The van der Waals surface area contributed by atoms with Crippen LogP contribution in [0.25, 0.3) is 0 Å². The van der Waals surface area contributed by atoms with Crippen molar-refractivity contribution in [2.75, 3.05) is 11.9 Å². The van der Waals surface area contributed by atoms with Gasteiger partial charge >= 0.3 is 0 Å². The van der Waals surface area contributed by atoms with Crippen LogP contribution in [0.15, 0.2) is 24.3 Å².